The summed E-state index contributed by atoms with van der Waals surface area (Å²) in [7, 11) is -1.86. The van der Waals surface area contributed by atoms with E-state index >= 15 is 0 Å². The number of H-pyrrole nitrogens is 1. The number of aromatic amines is 1. The summed E-state index contributed by atoms with van der Waals surface area (Å²) in [6, 6.07) is 17.0. The van der Waals surface area contributed by atoms with Crippen molar-refractivity contribution in [3.63, 3.8) is 0 Å². The maximum atomic E-state index is 12.6. The Morgan fingerprint density at radius 2 is 1.70 bits per heavy atom. The number of fused-ring (bicyclic) bond motifs is 1. The van der Waals surface area contributed by atoms with Crippen LogP contribution in [-0.4, -0.2) is 50.0 Å². The lowest BCUT2D eigenvalue weighted by Crippen LogP contribution is -2.42. The largest absolute Gasteiger partial charge is 0.361 e. The molecule has 0 aliphatic carbocycles. The Balaban J connectivity index is 1.72. The second kappa shape index (κ2) is 7.94. The smallest absolute Gasteiger partial charge is 0.242 e. The fourth-order valence-electron chi connectivity index (χ4n) is 3.00. The molecule has 0 saturated heterocycles. The minimum atomic E-state index is -3.51. The quantitative estimate of drug-likeness (QED) is 0.679. The van der Waals surface area contributed by atoms with Crippen molar-refractivity contribution in [1.82, 2.24) is 9.29 Å². The molecule has 0 bridgehead atoms. The minimum Gasteiger partial charge on any atom is -0.361 e. The Kier molecular flexibility index (Phi) is 5.62. The van der Waals surface area contributed by atoms with Gasteiger partial charge in [0.15, 0.2) is 0 Å². The van der Waals surface area contributed by atoms with Crippen LogP contribution in [0.15, 0.2) is 60.8 Å². The predicted octanol–water partition coefficient (Wildman–Crippen LogP) is 2.64. The van der Waals surface area contributed by atoms with Crippen LogP contribution >= 0.6 is 0 Å². The molecule has 3 rings (SSSR count). The van der Waals surface area contributed by atoms with Gasteiger partial charge in [-0.3, -0.25) is 4.79 Å². The molecule has 1 heterocycles. The van der Waals surface area contributed by atoms with E-state index < -0.39 is 10.0 Å². The van der Waals surface area contributed by atoms with Gasteiger partial charge < -0.3 is 9.88 Å². The molecule has 0 aliphatic rings. The van der Waals surface area contributed by atoms with E-state index in [1.165, 1.54) is 9.21 Å². The zero-order valence-corrected chi connectivity index (χ0v) is 16.2. The zero-order valence-electron chi connectivity index (χ0n) is 15.4. The molecule has 0 spiro atoms. The summed E-state index contributed by atoms with van der Waals surface area (Å²) < 4.78 is 25.6. The third-order valence-electron chi connectivity index (χ3n) is 4.60. The number of amides is 1. The minimum absolute atomic E-state index is 0.188. The number of rotatable bonds is 7. The van der Waals surface area contributed by atoms with E-state index in [2.05, 4.69) is 4.98 Å². The van der Waals surface area contributed by atoms with Crippen molar-refractivity contribution in [3.8, 4) is 0 Å². The Morgan fingerprint density at radius 3 is 2.41 bits per heavy atom. The number of carbonyl (C=O) groups excluding carboxylic acids is 1. The number of hydrogen-bond acceptors (Lipinski definition) is 3. The van der Waals surface area contributed by atoms with Crippen LogP contribution in [0.4, 0.5) is 5.69 Å². The maximum absolute atomic E-state index is 12.6. The van der Waals surface area contributed by atoms with Crippen LogP contribution in [0.1, 0.15) is 5.56 Å². The third-order valence-corrected chi connectivity index (χ3v) is 5.85. The van der Waals surface area contributed by atoms with Crippen molar-refractivity contribution in [3.05, 3.63) is 66.4 Å². The normalized spacial score (nSPS) is 11.8. The second-order valence-electron chi connectivity index (χ2n) is 6.49. The van der Waals surface area contributed by atoms with E-state index in [-0.39, 0.29) is 19.0 Å². The number of aromatic nitrogens is 1. The molecular weight excluding hydrogens is 362 g/mol. The summed E-state index contributed by atoms with van der Waals surface area (Å²) in [6.45, 7) is 0.0572. The average molecular weight is 385 g/mol. The number of nitrogens with one attached hydrogen (secondary N) is 1. The molecule has 0 unspecified atom stereocenters. The SMILES string of the molecule is CN(C(=O)CN(CCc1c[nH]c2ccccc12)S(C)(=O)=O)c1ccccc1. The van der Waals surface area contributed by atoms with E-state index in [9.17, 15) is 13.2 Å². The van der Waals surface area contributed by atoms with E-state index in [0.717, 1.165) is 28.4 Å². The predicted molar refractivity (Wildman–Crippen MR) is 108 cm³/mol. The molecule has 6 nitrogen and oxygen atoms in total. The Bertz CT molecular complexity index is 1030. The van der Waals surface area contributed by atoms with Gasteiger partial charge in [0.2, 0.25) is 15.9 Å². The Morgan fingerprint density at radius 1 is 1.04 bits per heavy atom. The van der Waals surface area contributed by atoms with E-state index in [1.54, 1.807) is 7.05 Å². The number of hydrogen-bond donors (Lipinski definition) is 1. The topological polar surface area (TPSA) is 73.5 Å². The van der Waals surface area contributed by atoms with Gasteiger partial charge in [-0.15, -0.1) is 0 Å². The fraction of sp³-hybridized carbons (Fsp3) is 0.250. The van der Waals surface area contributed by atoms with Crippen molar-refractivity contribution in [2.45, 2.75) is 6.42 Å². The van der Waals surface area contributed by atoms with E-state index in [1.807, 2.05) is 60.8 Å². The second-order valence-corrected chi connectivity index (χ2v) is 8.48. The highest BCUT2D eigenvalue weighted by atomic mass is 32.2. The summed E-state index contributed by atoms with van der Waals surface area (Å²) in [5.41, 5.74) is 2.77. The number of benzene rings is 2. The van der Waals surface area contributed by atoms with E-state index in [0.29, 0.717) is 6.42 Å². The van der Waals surface area contributed by atoms with Gasteiger partial charge in [-0.25, -0.2) is 8.42 Å². The summed E-state index contributed by atoms with van der Waals surface area (Å²) in [6.07, 6.45) is 3.56. The number of carbonyl (C=O) groups is 1. The van der Waals surface area contributed by atoms with Crippen LogP contribution in [0.3, 0.4) is 0 Å². The van der Waals surface area contributed by atoms with Gasteiger partial charge in [0.1, 0.15) is 0 Å². The monoisotopic (exact) mass is 385 g/mol. The van der Waals surface area contributed by atoms with Crippen LogP contribution in [0.2, 0.25) is 0 Å². The van der Waals surface area contributed by atoms with Crippen LogP contribution in [0.5, 0.6) is 0 Å². The summed E-state index contributed by atoms with van der Waals surface area (Å²) in [5, 5.41) is 1.07. The summed E-state index contributed by atoms with van der Waals surface area (Å²) >= 11 is 0. The highest BCUT2D eigenvalue weighted by molar-refractivity contribution is 7.88. The molecule has 1 amide bonds. The third kappa shape index (κ3) is 4.56. The molecule has 0 radical (unpaired) electrons. The first-order chi connectivity index (χ1) is 12.9. The van der Waals surface area contributed by atoms with Gasteiger partial charge in [-0.1, -0.05) is 36.4 Å². The lowest BCUT2D eigenvalue weighted by Gasteiger charge is -2.23. The molecule has 142 valence electrons. The fourth-order valence-corrected chi connectivity index (χ4v) is 3.77. The first-order valence-corrected chi connectivity index (χ1v) is 10.5. The lowest BCUT2D eigenvalue weighted by molar-refractivity contribution is -0.118. The van der Waals surface area contributed by atoms with Crippen molar-refractivity contribution in [2.75, 3.05) is 31.3 Å². The highest BCUT2D eigenvalue weighted by Gasteiger charge is 2.23. The van der Waals surface area contributed by atoms with Crippen molar-refractivity contribution < 1.29 is 13.2 Å². The number of likely N-dealkylation sites (N-methyl/N-ethyl adjacent to an activating group) is 1. The van der Waals surface area contributed by atoms with Crippen LogP contribution in [-0.2, 0) is 21.2 Å². The van der Waals surface area contributed by atoms with Crippen LogP contribution in [0, 0.1) is 0 Å². The molecule has 27 heavy (non-hydrogen) atoms. The standard InChI is InChI=1S/C20H23N3O3S/c1-22(17-8-4-3-5-9-17)20(24)15-23(27(2,25)26)13-12-16-14-21-19-11-7-6-10-18(16)19/h3-11,14,21H,12-13,15H2,1-2H3. The van der Waals surface area contributed by atoms with Crippen molar-refractivity contribution >= 4 is 32.5 Å². The first kappa shape index (κ1) is 19.1. The van der Waals surface area contributed by atoms with Crippen molar-refractivity contribution in [1.29, 1.82) is 0 Å². The van der Waals surface area contributed by atoms with E-state index in [4.69, 9.17) is 0 Å². The average Bonchev–Trinajstić information content (AvgIpc) is 3.07. The molecule has 1 N–H and O–H groups in total. The molecule has 3 aromatic rings. The van der Waals surface area contributed by atoms with Crippen molar-refractivity contribution in [2.24, 2.45) is 0 Å². The molecule has 7 heteroatoms. The Hall–Kier alpha value is -2.64. The maximum Gasteiger partial charge on any atom is 0.242 e. The molecule has 0 saturated carbocycles. The van der Waals surface area contributed by atoms with Gasteiger partial charge in [0, 0.05) is 36.4 Å². The van der Waals surface area contributed by atoms with Crippen LogP contribution in [0.25, 0.3) is 10.9 Å². The molecule has 1 aromatic heterocycles. The number of para-hydroxylation sites is 2. The zero-order chi connectivity index (χ0) is 19.4. The van der Waals surface area contributed by atoms with Gasteiger partial charge in [0.05, 0.1) is 12.8 Å². The lowest BCUT2D eigenvalue weighted by atomic mass is 10.1. The number of sulfonamides is 1. The first-order valence-electron chi connectivity index (χ1n) is 8.68. The Labute approximate surface area is 159 Å². The van der Waals surface area contributed by atoms with Gasteiger partial charge in [0.25, 0.3) is 0 Å². The number of anilines is 1. The summed E-state index contributed by atoms with van der Waals surface area (Å²) in [4.78, 5) is 17.3. The van der Waals surface area contributed by atoms with Gasteiger partial charge in [-0.2, -0.15) is 4.31 Å². The molecule has 0 fully saturated rings. The molecule has 0 aliphatic heterocycles. The van der Waals surface area contributed by atoms with Crippen LogP contribution < -0.4 is 4.90 Å². The number of nitrogens with zero attached hydrogens (tertiary/aromatic N) is 2. The highest BCUT2D eigenvalue weighted by Crippen LogP contribution is 2.19. The molecular formula is C20H23N3O3S. The summed E-state index contributed by atoms with van der Waals surface area (Å²) in [5.74, 6) is -0.273. The molecule has 0 atom stereocenters. The molecule has 2 aromatic carbocycles. The van der Waals surface area contributed by atoms with Gasteiger partial charge >= 0.3 is 0 Å². The van der Waals surface area contributed by atoms with Gasteiger partial charge in [-0.05, 0) is 30.2 Å².